The highest BCUT2D eigenvalue weighted by Gasteiger charge is 2.28. The van der Waals surface area contributed by atoms with E-state index in [0.29, 0.717) is 10.2 Å². The van der Waals surface area contributed by atoms with Gasteiger partial charge in [-0.15, -0.1) is 0 Å². The molecule has 0 radical (unpaired) electrons. The summed E-state index contributed by atoms with van der Waals surface area (Å²) in [5, 5.41) is 0.265. The van der Waals surface area contributed by atoms with Crippen LogP contribution in [-0.2, 0) is 4.74 Å². The van der Waals surface area contributed by atoms with Crippen molar-refractivity contribution in [2.75, 3.05) is 24.8 Å². The zero-order valence-corrected chi connectivity index (χ0v) is 20.6. The number of thiazole rings is 1. The Morgan fingerprint density at radius 1 is 1.17 bits per heavy atom. The number of nitrogens with two attached hydrogens (primary N) is 1. The van der Waals surface area contributed by atoms with Crippen LogP contribution in [0.3, 0.4) is 0 Å². The monoisotopic (exact) mass is 509 g/mol. The quantitative estimate of drug-likeness (QED) is 0.410. The molecule has 2 heterocycles. The third-order valence-corrected chi connectivity index (χ3v) is 7.55. The van der Waals surface area contributed by atoms with Gasteiger partial charge in [-0.2, -0.15) is 0 Å². The van der Waals surface area contributed by atoms with E-state index in [0.717, 1.165) is 66.5 Å². The summed E-state index contributed by atoms with van der Waals surface area (Å²) in [5.74, 6) is -2.23. The maximum absolute atomic E-state index is 13.6. The van der Waals surface area contributed by atoms with Crippen molar-refractivity contribution in [1.82, 2.24) is 14.5 Å². The number of hydrogen-bond acceptors (Lipinski definition) is 9. The predicted octanol–water partition coefficient (Wildman–Crippen LogP) is 3.97. The molecule has 5 rings (SSSR count). The Morgan fingerprint density at radius 2 is 1.86 bits per heavy atom. The lowest BCUT2D eigenvalue weighted by Gasteiger charge is -2.33. The lowest BCUT2D eigenvalue weighted by Crippen LogP contribution is -2.35. The van der Waals surface area contributed by atoms with Crippen LogP contribution in [0.5, 0.6) is 0 Å². The number of fused-ring (bicyclic) bond motifs is 3. The van der Waals surface area contributed by atoms with Crippen molar-refractivity contribution in [3.8, 4) is 0 Å². The minimum absolute atomic E-state index is 0.0656. The predicted molar refractivity (Wildman–Crippen MR) is 136 cm³/mol. The molecule has 0 amide bonds. The first-order valence-corrected chi connectivity index (χ1v) is 12.4. The van der Waals surface area contributed by atoms with Crippen LogP contribution in [0.2, 0.25) is 0 Å². The van der Waals surface area contributed by atoms with E-state index in [4.69, 9.17) is 10.5 Å². The molecule has 0 saturated heterocycles. The fraction of sp³-hybridized carbons (Fsp3) is 0.320. The van der Waals surface area contributed by atoms with E-state index in [-0.39, 0.29) is 27.8 Å². The van der Waals surface area contributed by atoms with E-state index in [1.807, 2.05) is 7.05 Å². The van der Waals surface area contributed by atoms with Crippen molar-refractivity contribution in [1.29, 1.82) is 0 Å². The Morgan fingerprint density at radius 3 is 2.53 bits per heavy atom. The summed E-state index contributed by atoms with van der Waals surface area (Å²) in [6, 6.07) is 6.82. The van der Waals surface area contributed by atoms with E-state index in [1.165, 1.54) is 18.6 Å². The molecule has 2 aromatic carbocycles. The van der Waals surface area contributed by atoms with Gasteiger partial charge in [-0.25, -0.2) is 23.7 Å². The van der Waals surface area contributed by atoms with Gasteiger partial charge >= 0.3 is 5.97 Å². The first-order chi connectivity index (χ1) is 17.3. The number of hydrogen-bond donors (Lipinski definition) is 1. The maximum atomic E-state index is 13.6. The minimum Gasteiger partial charge on any atom is -0.464 e. The molecule has 11 heteroatoms. The summed E-state index contributed by atoms with van der Waals surface area (Å²) >= 11 is 1.13. The first kappa shape index (κ1) is 23.9. The second kappa shape index (κ2) is 9.30. The zero-order chi connectivity index (χ0) is 25.6. The van der Waals surface area contributed by atoms with E-state index in [9.17, 15) is 18.8 Å². The topological polar surface area (TPSA) is 120 Å². The molecule has 4 aromatic rings. The van der Waals surface area contributed by atoms with Gasteiger partial charge in [-0.1, -0.05) is 30.6 Å². The van der Waals surface area contributed by atoms with E-state index in [1.54, 1.807) is 6.07 Å². The van der Waals surface area contributed by atoms with Crippen LogP contribution in [0.4, 0.5) is 15.2 Å². The Bertz CT molecular complexity index is 1560. The molecule has 0 spiro atoms. The number of aromatic nitrogens is 3. The fourth-order valence-electron chi connectivity index (χ4n) is 4.81. The molecule has 0 aliphatic heterocycles. The summed E-state index contributed by atoms with van der Waals surface area (Å²) in [5.41, 5.74) is 6.44. The van der Waals surface area contributed by atoms with Gasteiger partial charge in [-0.3, -0.25) is 9.59 Å². The highest BCUT2D eigenvalue weighted by molar-refractivity contribution is 7.23. The van der Waals surface area contributed by atoms with Crippen LogP contribution < -0.4 is 16.2 Å². The summed E-state index contributed by atoms with van der Waals surface area (Å²) in [7, 11) is 3.11. The SMILES string of the molecule is COC(=O)c1nc2cc(N(C)C3CCCCC3)c3nc(N)sc3c2n(C(=O)c2ccc(F)cc2)c1=O. The molecule has 0 bridgehead atoms. The Hall–Kier alpha value is -3.86. The van der Waals surface area contributed by atoms with Gasteiger partial charge in [0, 0.05) is 18.7 Å². The third kappa shape index (κ3) is 3.98. The van der Waals surface area contributed by atoms with Gasteiger partial charge < -0.3 is 15.4 Å². The number of methoxy groups -OCH3 is 1. The highest BCUT2D eigenvalue weighted by Crippen LogP contribution is 2.39. The molecule has 1 aliphatic carbocycles. The number of carbonyl (C=O) groups is 2. The number of rotatable bonds is 4. The van der Waals surface area contributed by atoms with Crippen LogP contribution in [0.15, 0.2) is 35.1 Å². The molecular formula is C25H24FN5O4S. The van der Waals surface area contributed by atoms with Gasteiger partial charge in [0.1, 0.15) is 11.3 Å². The van der Waals surface area contributed by atoms with Gasteiger partial charge in [0.15, 0.2) is 5.13 Å². The number of nitrogen functional groups attached to an aromatic ring is 1. The second-order valence-corrected chi connectivity index (χ2v) is 9.83. The number of halogens is 1. The summed E-state index contributed by atoms with van der Waals surface area (Å²) in [4.78, 5) is 50.5. The largest absolute Gasteiger partial charge is 0.464 e. The highest BCUT2D eigenvalue weighted by atomic mass is 32.1. The average molecular weight is 510 g/mol. The average Bonchev–Trinajstić information content (AvgIpc) is 3.29. The van der Waals surface area contributed by atoms with Gasteiger partial charge in [0.05, 0.1) is 28.5 Å². The maximum Gasteiger partial charge on any atom is 0.362 e. The first-order valence-electron chi connectivity index (χ1n) is 11.6. The Labute approximate surface area is 209 Å². The molecule has 2 N–H and O–H groups in total. The van der Waals surface area contributed by atoms with E-state index >= 15 is 0 Å². The number of benzene rings is 2. The number of carbonyl (C=O) groups excluding carboxylic acids is 2. The fourth-order valence-corrected chi connectivity index (χ4v) is 5.69. The van der Waals surface area contributed by atoms with Gasteiger partial charge in [0.2, 0.25) is 5.69 Å². The third-order valence-electron chi connectivity index (χ3n) is 6.65. The molecule has 186 valence electrons. The molecule has 1 saturated carbocycles. The molecule has 36 heavy (non-hydrogen) atoms. The smallest absolute Gasteiger partial charge is 0.362 e. The van der Waals surface area contributed by atoms with Gasteiger partial charge in [-0.05, 0) is 43.2 Å². The van der Waals surface area contributed by atoms with Crippen LogP contribution in [0.25, 0.3) is 21.3 Å². The van der Waals surface area contributed by atoms with Crippen molar-refractivity contribution >= 4 is 55.3 Å². The van der Waals surface area contributed by atoms with Crippen molar-refractivity contribution < 1.29 is 18.7 Å². The lowest BCUT2D eigenvalue weighted by atomic mass is 9.94. The second-order valence-electron chi connectivity index (χ2n) is 8.80. The lowest BCUT2D eigenvalue weighted by molar-refractivity contribution is 0.0592. The summed E-state index contributed by atoms with van der Waals surface area (Å²) in [6.07, 6.45) is 5.50. The number of esters is 1. The van der Waals surface area contributed by atoms with Crippen molar-refractivity contribution in [2.45, 2.75) is 38.1 Å². The summed E-state index contributed by atoms with van der Waals surface area (Å²) in [6.45, 7) is 0. The minimum atomic E-state index is -0.964. The van der Waals surface area contributed by atoms with Gasteiger partial charge in [0.25, 0.3) is 11.5 Å². The Balaban J connectivity index is 1.83. The normalized spacial score (nSPS) is 14.3. The molecule has 0 unspecified atom stereocenters. The molecule has 0 atom stereocenters. The number of anilines is 2. The van der Waals surface area contributed by atoms with Crippen LogP contribution in [0, 0.1) is 5.82 Å². The zero-order valence-electron chi connectivity index (χ0n) is 19.8. The number of nitrogens with zero attached hydrogens (tertiary/aromatic N) is 4. The van der Waals surface area contributed by atoms with Crippen LogP contribution >= 0.6 is 11.3 Å². The van der Waals surface area contributed by atoms with Crippen molar-refractivity contribution in [3.05, 3.63) is 57.8 Å². The molecule has 1 fully saturated rings. The van der Waals surface area contributed by atoms with E-state index in [2.05, 4.69) is 14.9 Å². The molecule has 2 aromatic heterocycles. The van der Waals surface area contributed by atoms with Crippen molar-refractivity contribution in [2.24, 2.45) is 0 Å². The van der Waals surface area contributed by atoms with E-state index < -0.39 is 28.9 Å². The molecule has 9 nitrogen and oxygen atoms in total. The number of ether oxygens (including phenoxy) is 1. The standard InChI is InChI=1S/C25H24FN5O4S/c1-30(15-6-4-3-5-7-15)17-12-16-20(21-18(17)29-25(27)36-21)31(23(33)19(28-16)24(34)35-2)22(32)13-8-10-14(26)11-9-13/h8-12,15H,3-7H2,1-2H3,(H2,27,29). The van der Waals surface area contributed by atoms with Crippen LogP contribution in [-0.4, -0.2) is 46.6 Å². The summed E-state index contributed by atoms with van der Waals surface area (Å²) < 4.78 is 19.7. The molecular weight excluding hydrogens is 485 g/mol. The van der Waals surface area contributed by atoms with Crippen molar-refractivity contribution in [3.63, 3.8) is 0 Å². The molecule has 1 aliphatic rings. The van der Waals surface area contributed by atoms with Crippen LogP contribution in [0.1, 0.15) is 53.0 Å². The Kier molecular flexibility index (Phi) is 6.17.